The molecule has 242 valence electrons. The number of alkyl carbamates (subject to hydrolysis) is 1. The number of nitrogens with one attached hydrogen (secondary N) is 2. The first-order chi connectivity index (χ1) is 23.3. The van der Waals surface area contributed by atoms with Gasteiger partial charge in [0.2, 0.25) is 0 Å². The first-order valence-corrected chi connectivity index (χ1v) is 14.8. The number of nitrogens with zero attached hydrogens (tertiary/aromatic N) is 7. The molecular formula is C30H32F3N9O4. The molecule has 5 aromatic rings. The molecule has 2 atom stereocenters. The number of ether oxygens (including phenoxy) is 2. The molecule has 16 heteroatoms. The van der Waals surface area contributed by atoms with Crippen LogP contribution in [0.15, 0.2) is 47.8 Å². The number of imidazole rings is 1. The fraction of sp³-hybridized carbons (Fsp3) is 0.433. The maximum Gasteiger partial charge on any atom is 0.504 e. The summed E-state index contributed by atoms with van der Waals surface area (Å²) in [7, 11) is 1.26. The van der Waals surface area contributed by atoms with E-state index in [0.717, 1.165) is 35.3 Å². The number of methoxy groups -OCH3 is 1. The molecule has 2 aliphatic rings. The van der Waals surface area contributed by atoms with Crippen LogP contribution >= 0.6 is 0 Å². The Balaban J connectivity index is 1.27. The molecule has 0 radical (unpaired) electrons. The number of rotatable bonds is 6. The Morgan fingerprint density at radius 3 is 2.63 bits per heavy atom. The van der Waals surface area contributed by atoms with Crippen LogP contribution in [0, 0.1) is 0 Å². The van der Waals surface area contributed by atoms with Crippen LogP contribution in [0.3, 0.4) is 0 Å². The van der Waals surface area contributed by atoms with Crippen molar-refractivity contribution in [3.8, 4) is 11.1 Å². The quantitative estimate of drug-likeness (QED) is 0.265. The summed E-state index contributed by atoms with van der Waals surface area (Å²) in [6, 6.07) is 4.49. The third-order valence-corrected chi connectivity index (χ3v) is 8.71. The highest BCUT2D eigenvalue weighted by Gasteiger charge is 2.33. The van der Waals surface area contributed by atoms with Gasteiger partial charge in [0.15, 0.2) is 0 Å². The van der Waals surface area contributed by atoms with Gasteiger partial charge in [-0.1, -0.05) is 0 Å². The number of pyridine rings is 2. The van der Waals surface area contributed by atoms with Gasteiger partial charge in [0, 0.05) is 72.0 Å². The van der Waals surface area contributed by atoms with E-state index < -0.39 is 31.1 Å². The minimum absolute atomic E-state index is 0.0514. The predicted molar refractivity (Wildman–Crippen MR) is 162 cm³/mol. The van der Waals surface area contributed by atoms with Crippen LogP contribution in [-0.4, -0.2) is 65.9 Å². The van der Waals surface area contributed by atoms with Crippen LogP contribution in [0.2, 0.25) is 0 Å². The summed E-state index contributed by atoms with van der Waals surface area (Å²) in [5, 5.41) is 9.38. The molecule has 2 fully saturated rings. The van der Waals surface area contributed by atoms with Crippen LogP contribution in [0.25, 0.3) is 33.2 Å². The van der Waals surface area contributed by atoms with Gasteiger partial charge in [0.1, 0.15) is 11.6 Å². The first-order valence-electron chi connectivity index (χ1n) is 16.3. The molecular weight excluding hydrogens is 607 g/mol. The van der Waals surface area contributed by atoms with Crippen LogP contribution < -0.4 is 16.3 Å². The van der Waals surface area contributed by atoms with Gasteiger partial charge < -0.3 is 24.7 Å². The number of fused-ring (bicyclic) bond motifs is 2. The molecule has 6 heterocycles. The van der Waals surface area contributed by atoms with Gasteiger partial charge in [0.25, 0.3) is 0 Å². The topological polar surface area (TPSA) is 135 Å². The molecule has 7 rings (SSSR count). The zero-order chi connectivity index (χ0) is 34.7. The molecule has 5 aromatic heterocycles. The average Bonchev–Trinajstić information content (AvgIpc) is 3.84. The third kappa shape index (κ3) is 5.35. The Bertz CT molecular complexity index is 2100. The molecule has 13 nitrogen and oxygen atoms in total. The minimum atomic E-state index is -4.68. The number of aromatic nitrogens is 7. The van der Waals surface area contributed by atoms with Crippen molar-refractivity contribution < 1.29 is 31.6 Å². The lowest BCUT2D eigenvalue weighted by molar-refractivity contribution is -0.212. The minimum Gasteiger partial charge on any atom is -0.453 e. The fourth-order valence-corrected chi connectivity index (χ4v) is 6.49. The summed E-state index contributed by atoms with van der Waals surface area (Å²) < 4.78 is 78.7. The van der Waals surface area contributed by atoms with E-state index in [1.807, 2.05) is 10.6 Å². The largest absolute Gasteiger partial charge is 0.504 e. The summed E-state index contributed by atoms with van der Waals surface area (Å²) in [6.45, 7) is -1.66. The number of alkyl halides is 3. The zero-order valence-electron chi connectivity index (χ0n) is 27.6. The maximum atomic E-state index is 13.6. The fourth-order valence-electron chi connectivity index (χ4n) is 6.49. The van der Waals surface area contributed by atoms with E-state index in [2.05, 4.69) is 20.7 Å². The first kappa shape index (κ1) is 26.4. The van der Waals surface area contributed by atoms with E-state index in [1.54, 1.807) is 18.3 Å². The van der Waals surface area contributed by atoms with Crippen LogP contribution in [0.5, 0.6) is 0 Å². The van der Waals surface area contributed by atoms with Crippen molar-refractivity contribution in [3.05, 3.63) is 53.5 Å². The lowest BCUT2D eigenvalue weighted by Crippen LogP contribution is -2.33. The molecule has 1 saturated heterocycles. The normalized spacial score (nSPS) is 20.5. The lowest BCUT2D eigenvalue weighted by atomic mass is 10.1. The van der Waals surface area contributed by atoms with E-state index in [0.29, 0.717) is 54.9 Å². The monoisotopic (exact) mass is 642 g/mol. The zero-order valence-corrected chi connectivity index (χ0v) is 24.6. The molecule has 1 saturated carbocycles. The van der Waals surface area contributed by atoms with Gasteiger partial charge >= 0.3 is 18.1 Å². The number of hydrogen-bond donors (Lipinski definition) is 2. The molecule has 2 N–H and O–H groups in total. The SMILES string of the molecule is [2H]C([2H])([2H])n1c(=O)n([C@@H]2CC[C@@H](NC(=O)OC)C2)c2cc(Nc3ccc4c(n3)c(-c3cnn(C(F)(F)F)c3)cn4C3CCOCC3)ncc21. The Hall–Kier alpha value is -4.86. The second-order valence-electron chi connectivity index (χ2n) is 11.5. The molecule has 1 amide bonds. The van der Waals surface area contributed by atoms with E-state index in [-0.39, 0.29) is 33.7 Å². The highest BCUT2D eigenvalue weighted by molar-refractivity contribution is 5.94. The predicted octanol–water partition coefficient (Wildman–Crippen LogP) is 4.97. The molecule has 1 aliphatic carbocycles. The smallest absolute Gasteiger partial charge is 0.453 e. The van der Waals surface area contributed by atoms with E-state index in [9.17, 15) is 22.8 Å². The van der Waals surface area contributed by atoms with Gasteiger partial charge in [-0.05, 0) is 44.2 Å². The summed E-state index contributed by atoms with van der Waals surface area (Å²) >= 11 is 0. The van der Waals surface area contributed by atoms with Gasteiger partial charge in [-0.2, -0.15) is 9.78 Å². The molecule has 1 aliphatic heterocycles. The van der Waals surface area contributed by atoms with Crippen molar-refractivity contribution >= 4 is 39.8 Å². The van der Waals surface area contributed by atoms with Crippen LogP contribution in [0.4, 0.5) is 29.6 Å². The second-order valence-corrected chi connectivity index (χ2v) is 11.5. The molecule has 0 unspecified atom stereocenters. The molecule has 0 bridgehead atoms. The number of amides is 1. The van der Waals surface area contributed by atoms with Gasteiger partial charge in [0.05, 0.1) is 41.6 Å². The number of halogens is 3. The van der Waals surface area contributed by atoms with Crippen LogP contribution in [-0.2, 0) is 22.7 Å². The summed E-state index contributed by atoms with van der Waals surface area (Å²) in [6.07, 6.45) is 2.80. The van der Waals surface area contributed by atoms with Gasteiger partial charge in [-0.25, -0.2) is 19.6 Å². The molecule has 0 aromatic carbocycles. The number of anilines is 2. The Morgan fingerprint density at radius 1 is 1.07 bits per heavy atom. The highest BCUT2D eigenvalue weighted by Crippen LogP contribution is 2.37. The van der Waals surface area contributed by atoms with E-state index >= 15 is 0 Å². The Morgan fingerprint density at radius 2 is 1.89 bits per heavy atom. The van der Waals surface area contributed by atoms with Crippen molar-refractivity contribution in [3.63, 3.8) is 0 Å². The van der Waals surface area contributed by atoms with Crippen LogP contribution in [0.1, 0.15) is 48.3 Å². The summed E-state index contributed by atoms with van der Waals surface area (Å²) in [4.78, 5) is 34.6. The van der Waals surface area contributed by atoms with E-state index in [4.69, 9.17) is 18.6 Å². The molecule has 46 heavy (non-hydrogen) atoms. The van der Waals surface area contributed by atoms with Crippen molar-refractivity contribution in [1.29, 1.82) is 0 Å². The maximum absolute atomic E-state index is 13.6. The molecule has 0 spiro atoms. The van der Waals surface area contributed by atoms with E-state index in [1.165, 1.54) is 17.9 Å². The highest BCUT2D eigenvalue weighted by atomic mass is 19.4. The summed E-state index contributed by atoms with van der Waals surface area (Å²) in [5.41, 5.74) is 1.58. The van der Waals surface area contributed by atoms with Crippen molar-refractivity contribution in [1.82, 2.24) is 38.8 Å². The number of hydrogen-bond acceptors (Lipinski definition) is 8. The Kier molecular flexibility index (Phi) is 6.59. The summed E-state index contributed by atoms with van der Waals surface area (Å²) in [5.74, 6) is 0.578. The van der Waals surface area contributed by atoms with Crippen molar-refractivity contribution in [2.75, 3.05) is 25.6 Å². The Labute approximate surface area is 264 Å². The lowest BCUT2D eigenvalue weighted by Gasteiger charge is -2.24. The average molecular weight is 643 g/mol. The standard InChI is InChI=1S/C30H32F3N9O4/c1-39-24-14-34-26(12-23(24)42(29(39)44)20-4-3-18(11-20)36-28(43)45-2)37-25-6-5-22-27(38-25)21(16-40(22)19-7-9-46-10-8-19)17-13-35-41(15-17)30(31,32)33/h5-6,12-16,18-20H,3-4,7-11H2,1-2H3,(H,36,43)(H,34,37,38)/t18-,20-/m1/s1/i1D3. The number of carbonyl (C=O) groups excluding carboxylic acids is 1. The van der Waals surface area contributed by atoms with Crippen molar-refractivity contribution in [2.45, 2.75) is 56.5 Å². The van der Waals surface area contributed by atoms with Gasteiger partial charge in [-0.3, -0.25) is 9.13 Å². The van der Waals surface area contributed by atoms with Crippen molar-refractivity contribution in [2.24, 2.45) is 6.98 Å². The second kappa shape index (κ2) is 11.5. The van der Waals surface area contributed by atoms with Gasteiger partial charge in [-0.15, -0.1) is 13.2 Å². The third-order valence-electron chi connectivity index (χ3n) is 8.71. The number of carbonyl (C=O) groups is 1. The number of aryl methyl sites for hydroxylation is 1.